The van der Waals surface area contributed by atoms with Crippen LogP contribution in [0.5, 0.6) is 0 Å². The van der Waals surface area contributed by atoms with Crippen molar-refractivity contribution >= 4 is 23.2 Å². The molecule has 0 bridgehead atoms. The largest absolute Gasteiger partial charge is 0.326 e. The molecule has 0 unspecified atom stereocenters. The number of rotatable bonds is 7. The van der Waals surface area contributed by atoms with Crippen LogP contribution in [0, 0.1) is 0 Å². The third-order valence-electron chi connectivity index (χ3n) is 4.58. The molecule has 1 N–H and O–H groups in total. The average Bonchev–Trinajstić information content (AvgIpc) is 2.74. The van der Waals surface area contributed by atoms with Crippen molar-refractivity contribution in [3.05, 3.63) is 96.1 Å². The van der Waals surface area contributed by atoms with E-state index in [1.165, 1.54) is 5.56 Å². The molecule has 0 aromatic heterocycles. The molecule has 0 spiro atoms. The van der Waals surface area contributed by atoms with Crippen molar-refractivity contribution in [2.45, 2.75) is 19.3 Å². The summed E-state index contributed by atoms with van der Waals surface area (Å²) in [5.41, 5.74) is 3.35. The van der Waals surface area contributed by atoms with Gasteiger partial charge in [0.1, 0.15) is 0 Å². The van der Waals surface area contributed by atoms with Crippen molar-refractivity contribution < 1.29 is 9.59 Å². The smallest absolute Gasteiger partial charge is 0.258 e. The normalized spacial score (nSPS) is 10.3. The number of hydrogen-bond acceptors (Lipinski definition) is 2. The van der Waals surface area contributed by atoms with E-state index < -0.39 is 0 Å². The summed E-state index contributed by atoms with van der Waals surface area (Å²) in [6.07, 6.45) is 2.15. The second-order valence-electron chi connectivity index (χ2n) is 6.66. The maximum absolute atomic E-state index is 12.6. The van der Waals surface area contributed by atoms with Crippen LogP contribution in [0.3, 0.4) is 0 Å². The van der Waals surface area contributed by atoms with Gasteiger partial charge in [0, 0.05) is 30.4 Å². The van der Waals surface area contributed by atoms with Gasteiger partial charge in [-0.3, -0.25) is 9.59 Å². The molecule has 0 radical (unpaired) electrons. The van der Waals surface area contributed by atoms with E-state index in [4.69, 9.17) is 0 Å². The molecule has 0 aliphatic heterocycles. The van der Waals surface area contributed by atoms with Gasteiger partial charge in [0.05, 0.1) is 0 Å². The molecular formula is C24H24N2O2. The van der Waals surface area contributed by atoms with Crippen LogP contribution >= 0.6 is 0 Å². The van der Waals surface area contributed by atoms with Crippen molar-refractivity contribution in [3.63, 3.8) is 0 Å². The molecule has 142 valence electrons. The second kappa shape index (κ2) is 9.51. The fourth-order valence-electron chi connectivity index (χ4n) is 2.98. The van der Waals surface area contributed by atoms with E-state index in [1.54, 1.807) is 36.2 Å². The van der Waals surface area contributed by atoms with E-state index in [-0.39, 0.29) is 11.8 Å². The Hall–Kier alpha value is -3.40. The molecule has 28 heavy (non-hydrogen) atoms. The lowest BCUT2D eigenvalue weighted by molar-refractivity contribution is -0.116. The van der Waals surface area contributed by atoms with E-state index in [9.17, 15) is 9.59 Å². The summed E-state index contributed by atoms with van der Waals surface area (Å²) in [5.74, 6) is -0.108. The van der Waals surface area contributed by atoms with Gasteiger partial charge in [-0.2, -0.15) is 0 Å². The van der Waals surface area contributed by atoms with Crippen LogP contribution in [0.25, 0.3) is 0 Å². The van der Waals surface area contributed by atoms with Crippen LogP contribution in [0.2, 0.25) is 0 Å². The van der Waals surface area contributed by atoms with Gasteiger partial charge >= 0.3 is 0 Å². The van der Waals surface area contributed by atoms with Gasteiger partial charge in [0.15, 0.2) is 0 Å². The standard InChI is InChI=1S/C24H24N2O2/c1-26(22-12-6-3-7-13-22)24(28)20-15-17-21(18-16-20)25-23(27)14-8-11-19-9-4-2-5-10-19/h2-7,9-10,12-13,15-18H,8,11,14H2,1H3,(H,25,27). The molecule has 0 aliphatic rings. The molecule has 0 atom stereocenters. The quantitative estimate of drug-likeness (QED) is 0.640. The Kier molecular flexibility index (Phi) is 6.58. The maximum Gasteiger partial charge on any atom is 0.258 e. The Morgan fingerprint density at radius 3 is 2.07 bits per heavy atom. The summed E-state index contributed by atoms with van der Waals surface area (Å²) >= 11 is 0. The first-order valence-corrected chi connectivity index (χ1v) is 9.40. The van der Waals surface area contributed by atoms with Crippen molar-refractivity contribution in [3.8, 4) is 0 Å². The summed E-state index contributed by atoms with van der Waals surface area (Å²) in [4.78, 5) is 26.3. The first kappa shape index (κ1) is 19.4. The Morgan fingerprint density at radius 1 is 0.821 bits per heavy atom. The highest BCUT2D eigenvalue weighted by Gasteiger charge is 2.13. The van der Waals surface area contributed by atoms with Crippen molar-refractivity contribution in [2.75, 3.05) is 17.3 Å². The van der Waals surface area contributed by atoms with E-state index >= 15 is 0 Å². The Labute approximate surface area is 165 Å². The number of aryl methyl sites for hydroxylation is 1. The zero-order chi connectivity index (χ0) is 19.8. The number of nitrogens with zero attached hydrogens (tertiary/aromatic N) is 1. The van der Waals surface area contributed by atoms with Crippen molar-refractivity contribution in [1.29, 1.82) is 0 Å². The first-order valence-electron chi connectivity index (χ1n) is 9.40. The van der Waals surface area contributed by atoms with Gasteiger partial charge in [-0.25, -0.2) is 0 Å². The second-order valence-corrected chi connectivity index (χ2v) is 6.66. The van der Waals surface area contributed by atoms with Gasteiger partial charge in [-0.15, -0.1) is 0 Å². The number of para-hydroxylation sites is 1. The molecule has 0 fully saturated rings. The molecule has 4 nitrogen and oxygen atoms in total. The monoisotopic (exact) mass is 372 g/mol. The average molecular weight is 372 g/mol. The molecule has 2 amide bonds. The number of anilines is 2. The van der Waals surface area contributed by atoms with Crippen LogP contribution in [-0.4, -0.2) is 18.9 Å². The highest BCUT2D eigenvalue weighted by atomic mass is 16.2. The van der Waals surface area contributed by atoms with Crippen molar-refractivity contribution in [1.82, 2.24) is 0 Å². The van der Waals surface area contributed by atoms with Crippen molar-refractivity contribution in [2.24, 2.45) is 0 Å². The molecule has 0 saturated heterocycles. The number of nitrogens with one attached hydrogen (secondary N) is 1. The lowest BCUT2D eigenvalue weighted by Gasteiger charge is -2.17. The van der Waals surface area contributed by atoms with E-state index in [1.807, 2.05) is 48.5 Å². The fraction of sp³-hybridized carbons (Fsp3) is 0.167. The molecule has 3 aromatic rings. The van der Waals surface area contributed by atoms with E-state index in [0.717, 1.165) is 18.5 Å². The van der Waals surface area contributed by atoms with Crippen LogP contribution in [0.15, 0.2) is 84.9 Å². The maximum atomic E-state index is 12.6. The van der Waals surface area contributed by atoms with Crippen LogP contribution < -0.4 is 10.2 Å². The number of amides is 2. The fourth-order valence-corrected chi connectivity index (χ4v) is 2.98. The number of benzene rings is 3. The van der Waals surface area contributed by atoms with Crippen LogP contribution in [0.1, 0.15) is 28.8 Å². The molecule has 3 aromatic carbocycles. The first-order chi connectivity index (χ1) is 13.6. The third kappa shape index (κ3) is 5.30. The number of carbonyl (C=O) groups is 2. The Morgan fingerprint density at radius 2 is 1.43 bits per heavy atom. The van der Waals surface area contributed by atoms with E-state index in [0.29, 0.717) is 17.7 Å². The van der Waals surface area contributed by atoms with E-state index in [2.05, 4.69) is 17.4 Å². The summed E-state index contributed by atoms with van der Waals surface area (Å²) in [7, 11) is 1.75. The van der Waals surface area contributed by atoms with Gasteiger partial charge in [0.2, 0.25) is 5.91 Å². The Bertz CT molecular complexity index is 906. The van der Waals surface area contributed by atoms with Crippen LogP contribution in [-0.2, 0) is 11.2 Å². The van der Waals surface area contributed by atoms with Gasteiger partial charge in [-0.05, 0) is 54.8 Å². The summed E-state index contributed by atoms with van der Waals surface area (Å²) in [6, 6.07) is 26.6. The lowest BCUT2D eigenvalue weighted by atomic mass is 10.1. The lowest BCUT2D eigenvalue weighted by Crippen LogP contribution is -2.26. The number of carbonyl (C=O) groups excluding carboxylic acids is 2. The van der Waals surface area contributed by atoms with Crippen LogP contribution in [0.4, 0.5) is 11.4 Å². The van der Waals surface area contributed by atoms with Gasteiger partial charge in [0.25, 0.3) is 5.91 Å². The molecule has 4 heteroatoms. The molecule has 0 heterocycles. The highest BCUT2D eigenvalue weighted by Crippen LogP contribution is 2.17. The summed E-state index contributed by atoms with van der Waals surface area (Å²) in [6.45, 7) is 0. The topological polar surface area (TPSA) is 49.4 Å². The molecule has 0 aliphatic carbocycles. The zero-order valence-corrected chi connectivity index (χ0v) is 16.0. The number of hydrogen-bond donors (Lipinski definition) is 1. The Balaban J connectivity index is 1.51. The van der Waals surface area contributed by atoms with Gasteiger partial charge < -0.3 is 10.2 Å². The molecular weight excluding hydrogens is 348 g/mol. The summed E-state index contributed by atoms with van der Waals surface area (Å²) < 4.78 is 0. The molecule has 3 rings (SSSR count). The minimum Gasteiger partial charge on any atom is -0.326 e. The molecule has 0 saturated carbocycles. The SMILES string of the molecule is CN(C(=O)c1ccc(NC(=O)CCCc2ccccc2)cc1)c1ccccc1. The highest BCUT2D eigenvalue weighted by molar-refractivity contribution is 6.06. The predicted molar refractivity (Wildman–Crippen MR) is 114 cm³/mol. The third-order valence-corrected chi connectivity index (χ3v) is 4.58. The predicted octanol–water partition coefficient (Wildman–Crippen LogP) is 4.92. The van der Waals surface area contributed by atoms with Gasteiger partial charge in [-0.1, -0.05) is 48.5 Å². The zero-order valence-electron chi connectivity index (χ0n) is 16.0. The minimum absolute atomic E-state index is 0.0172. The summed E-state index contributed by atoms with van der Waals surface area (Å²) in [5, 5.41) is 2.89. The minimum atomic E-state index is -0.0908.